The van der Waals surface area contributed by atoms with Crippen LogP contribution in [0.1, 0.15) is 90.9 Å². The number of nitro groups is 2. The predicted octanol–water partition coefficient (Wildman–Crippen LogP) is 3.72. The molecular formula is C18H36N2O6. The van der Waals surface area contributed by atoms with Crippen molar-refractivity contribution >= 4 is 0 Å². The van der Waals surface area contributed by atoms with Gasteiger partial charge in [0.1, 0.15) is 12.2 Å². The van der Waals surface area contributed by atoms with E-state index in [0.29, 0.717) is 12.8 Å². The first-order chi connectivity index (χ1) is 12.3. The van der Waals surface area contributed by atoms with Crippen molar-refractivity contribution < 1.29 is 20.1 Å². The third kappa shape index (κ3) is 10.7. The normalized spacial score (nSPS) is 16.0. The van der Waals surface area contributed by atoms with Gasteiger partial charge in [-0.25, -0.2) is 0 Å². The molecular weight excluding hydrogens is 340 g/mol. The van der Waals surface area contributed by atoms with Crippen molar-refractivity contribution in [3.05, 3.63) is 20.2 Å². The molecule has 4 atom stereocenters. The first kappa shape index (κ1) is 24.7. The Balaban J connectivity index is 4.52. The van der Waals surface area contributed by atoms with E-state index in [0.717, 1.165) is 44.9 Å². The second-order valence-electron chi connectivity index (χ2n) is 7.13. The minimum absolute atomic E-state index is 0.194. The third-order valence-corrected chi connectivity index (χ3v) is 4.87. The lowest BCUT2D eigenvalue weighted by Crippen LogP contribution is -2.42. The van der Waals surface area contributed by atoms with E-state index in [1.54, 1.807) is 0 Å². The molecule has 0 fully saturated rings. The fraction of sp³-hybridized carbons (Fsp3) is 1.00. The summed E-state index contributed by atoms with van der Waals surface area (Å²) in [5.41, 5.74) is 0. The van der Waals surface area contributed by atoms with E-state index < -0.39 is 34.1 Å². The van der Waals surface area contributed by atoms with Gasteiger partial charge in [0.05, 0.1) is 6.42 Å². The molecule has 8 nitrogen and oxygen atoms in total. The molecule has 0 radical (unpaired) electrons. The van der Waals surface area contributed by atoms with Crippen molar-refractivity contribution in [2.24, 2.45) is 0 Å². The van der Waals surface area contributed by atoms with Crippen LogP contribution in [0.15, 0.2) is 0 Å². The Bertz CT molecular complexity index is 394. The summed E-state index contributed by atoms with van der Waals surface area (Å²) in [4.78, 5) is 21.3. The van der Waals surface area contributed by atoms with E-state index in [1.807, 2.05) is 6.92 Å². The smallest absolute Gasteiger partial charge is 0.241 e. The Hall–Kier alpha value is -1.28. The van der Waals surface area contributed by atoms with Crippen molar-refractivity contribution in [3.8, 4) is 0 Å². The summed E-state index contributed by atoms with van der Waals surface area (Å²) in [6.45, 7) is 4.09. The molecule has 2 N–H and O–H groups in total. The van der Waals surface area contributed by atoms with Gasteiger partial charge in [-0.1, -0.05) is 65.2 Å². The highest BCUT2D eigenvalue weighted by Crippen LogP contribution is 2.19. The molecule has 4 unspecified atom stereocenters. The van der Waals surface area contributed by atoms with Gasteiger partial charge in [0.2, 0.25) is 12.1 Å². The van der Waals surface area contributed by atoms with Crippen molar-refractivity contribution in [1.82, 2.24) is 0 Å². The number of rotatable bonds is 17. The summed E-state index contributed by atoms with van der Waals surface area (Å²) in [5, 5.41) is 42.7. The van der Waals surface area contributed by atoms with Crippen LogP contribution >= 0.6 is 0 Å². The molecule has 0 saturated heterocycles. The maximum absolute atomic E-state index is 11.3. The number of nitrogens with zero attached hydrogens (tertiary/aromatic N) is 2. The van der Waals surface area contributed by atoms with Crippen LogP contribution in [-0.4, -0.2) is 44.4 Å². The maximum atomic E-state index is 11.3. The summed E-state index contributed by atoms with van der Waals surface area (Å²) in [7, 11) is 0. The minimum atomic E-state index is -1.42. The molecule has 26 heavy (non-hydrogen) atoms. The van der Waals surface area contributed by atoms with E-state index in [2.05, 4.69) is 6.92 Å². The number of hydrogen-bond donors (Lipinski definition) is 2. The third-order valence-electron chi connectivity index (χ3n) is 4.87. The molecule has 0 aliphatic heterocycles. The Morgan fingerprint density at radius 3 is 1.69 bits per heavy atom. The van der Waals surface area contributed by atoms with Gasteiger partial charge < -0.3 is 10.2 Å². The van der Waals surface area contributed by atoms with E-state index in [1.165, 1.54) is 0 Å². The standard InChI is InChI=1S/C18H36N2O6/c1-3-5-7-8-9-11-13-17(21)16(20(25)26)14-18(22)15(19(23)24)12-10-6-4-2/h15-18,21-22H,3-14H2,1-2H3. The first-order valence-electron chi connectivity index (χ1n) is 9.98. The van der Waals surface area contributed by atoms with Crippen LogP contribution < -0.4 is 0 Å². The van der Waals surface area contributed by atoms with Gasteiger partial charge in [0.25, 0.3) is 0 Å². The molecule has 0 aliphatic rings. The average Bonchev–Trinajstić information content (AvgIpc) is 2.58. The second kappa shape index (κ2) is 14.8. The summed E-state index contributed by atoms with van der Waals surface area (Å²) in [5.74, 6) is 0. The van der Waals surface area contributed by atoms with Crippen molar-refractivity contribution in [2.75, 3.05) is 0 Å². The lowest BCUT2D eigenvalue weighted by Gasteiger charge is -2.21. The van der Waals surface area contributed by atoms with Gasteiger partial charge in [0, 0.05) is 16.3 Å². The molecule has 0 heterocycles. The zero-order valence-electron chi connectivity index (χ0n) is 16.2. The topological polar surface area (TPSA) is 127 Å². The predicted molar refractivity (Wildman–Crippen MR) is 100 cm³/mol. The fourth-order valence-electron chi connectivity index (χ4n) is 3.16. The number of unbranched alkanes of at least 4 members (excludes halogenated alkanes) is 7. The quantitative estimate of drug-likeness (QED) is 0.226. The molecule has 0 aromatic heterocycles. The summed E-state index contributed by atoms with van der Waals surface area (Å²) in [6, 6.07) is -2.58. The molecule has 0 saturated carbocycles. The molecule has 0 aromatic rings. The van der Waals surface area contributed by atoms with Crippen molar-refractivity contribution in [3.63, 3.8) is 0 Å². The highest BCUT2D eigenvalue weighted by Gasteiger charge is 2.38. The highest BCUT2D eigenvalue weighted by molar-refractivity contribution is 4.77. The van der Waals surface area contributed by atoms with Crippen LogP contribution in [-0.2, 0) is 0 Å². The van der Waals surface area contributed by atoms with E-state index in [-0.39, 0.29) is 19.3 Å². The SMILES string of the molecule is CCCCCCCCC(O)C(CC(O)C(CCCCC)[N+](=O)[O-])[N+](=O)[O-]. The van der Waals surface area contributed by atoms with E-state index >= 15 is 0 Å². The highest BCUT2D eigenvalue weighted by atomic mass is 16.6. The lowest BCUT2D eigenvalue weighted by atomic mass is 9.94. The molecule has 0 aliphatic carbocycles. The monoisotopic (exact) mass is 376 g/mol. The molecule has 8 heteroatoms. The summed E-state index contributed by atoms with van der Waals surface area (Å²) < 4.78 is 0. The molecule has 154 valence electrons. The zero-order valence-corrected chi connectivity index (χ0v) is 16.2. The molecule has 0 spiro atoms. The Kier molecular flexibility index (Phi) is 14.1. The Labute approximate surface area is 156 Å². The lowest BCUT2D eigenvalue weighted by molar-refractivity contribution is -0.554. The molecule has 0 amide bonds. The van der Waals surface area contributed by atoms with E-state index in [4.69, 9.17) is 0 Å². The van der Waals surface area contributed by atoms with Gasteiger partial charge in [-0.15, -0.1) is 0 Å². The van der Waals surface area contributed by atoms with Crippen LogP contribution in [0.2, 0.25) is 0 Å². The average molecular weight is 376 g/mol. The van der Waals surface area contributed by atoms with Crippen LogP contribution in [0.4, 0.5) is 0 Å². The van der Waals surface area contributed by atoms with Crippen LogP contribution in [0.25, 0.3) is 0 Å². The summed E-state index contributed by atoms with van der Waals surface area (Å²) in [6.07, 6.45) is 5.83. The molecule has 0 rings (SSSR count). The van der Waals surface area contributed by atoms with Crippen molar-refractivity contribution in [1.29, 1.82) is 0 Å². The van der Waals surface area contributed by atoms with E-state index in [9.17, 15) is 30.4 Å². The van der Waals surface area contributed by atoms with Gasteiger partial charge >= 0.3 is 0 Å². The largest absolute Gasteiger partial charge is 0.386 e. The first-order valence-corrected chi connectivity index (χ1v) is 9.98. The molecule has 0 bridgehead atoms. The van der Waals surface area contributed by atoms with Gasteiger partial charge in [-0.2, -0.15) is 0 Å². The summed E-state index contributed by atoms with van der Waals surface area (Å²) >= 11 is 0. The van der Waals surface area contributed by atoms with Gasteiger partial charge in [-0.3, -0.25) is 20.2 Å². The van der Waals surface area contributed by atoms with Crippen LogP contribution in [0.3, 0.4) is 0 Å². The number of hydrogen-bond acceptors (Lipinski definition) is 6. The number of aliphatic hydroxyl groups excluding tert-OH is 2. The fourth-order valence-corrected chi connectivity index (χ4v) is 3.16. The molecule has 0 aromatic carbocycles. The second-order valence-corrected chi connectivity index (χ2v) is 7.13. The van der Waals surface area contributed by atoms with Crippen molar-refractivity contribution in [2.45, 2.75) is 115 Å². The Morgan fingerprint density at radius 2 is 1.15 bits per heavy atom. The zero-order chi connectivity index (χ0) is 19.9. The van der Waals surface area contributed by atoms with Crippen LogP contribution in [0.5, 0.6) is 0 Å². The van der Waals surface area contributed by atoms with Gasteiger partial charge in [0.15, 0.2) is 0 Å². The van der Waals surface area contributed by atoms with Gasteiger partial charge in [-0.05, 0) is 12.8 Å². The number of aliphatic hydroxyl groups is 2. The Morgan fingerprint density at radius 1 is 0.692 bits per heavy atom. The van der Waals surface area contributed by atoms with Crippen LogP contribution in [0, 0.1) is 20.2 Å². The minimum Gasteiger partial charge on any atom is -0.386 e. The maximum Gasteiger partial charge on any atom is 0.241 e.